The minimum Gasteiger partial charge on any atom is -0.465 e. The largest absolute Gasteiger partial charge is 0.465 e. The van der Waals surface area contributed by atoms with Crippen LogP contribution in [0.4, 0.5) is 5.69 Å². The lowest BCUT2D eigenvalue weighted by atomic mass is 10.1. The van der Waals surface area contributed by atoms with Crippen molar-refractivity contribution in [2.24, 2.45) is 0 Å². The summed E-state index contributed by atoms with van der Waals surface area (Å²) in [5, 5.41) is 3.61. The van der Waals surface area contributed by atoms with E-state index >= 15 is 0 Å². The number of nitrogens with one attached hydrogen (secondary N) is 1. The summed E-state index contributed by atoms with van der Waals surface area (Å²) in [6.45, 7) is 5.75. The minimum absolute atomic E-state index is 0.122. The number of benzene rings is 1. The van der Waals surface area contributed by atoms with Crippen LogP contribution in [-0.2, 0) is 16.0 Å². The third kappa shape index (κ3) is 4.82. The molecule has 0 unspecified atom stereocenters. The molecule has 0 saturated heterocycles. The molecule has 0 spiro atoms. The summed E-state index contributed by atoms with van der Waals surface area (Å²) < 4.78 is 4.72. The van der Waals surface area contributed by atoms with E-state index in [-0.39, 0.29) is 5.91 Å². The molecule has 7 heteroatoms. The molecule has 26 heavy (non-hydrogen) atoms. The molecule has 0 aliphatic carbocycles. The molecular formula is C19H23N3O3S. The number of carbonyl (C=O) groups excluding carboxylic acids is 2. The van der Waals surface area contributed by atoms with Crippen molar-refractivity contribution in [1.29, 1.82) is 0 Å². The summed E-state index contributed by atoms with van der Waals surface area (Å²) in [5.74, 6) is -0.555. The smallest absolute Gasteiger partial charge is 0.337 e. The van der Waals surface area contributed by atoms with Crippen LogP contribution in [0.1, 0.15) is 39.3 Å². The fourth-order valence-corrected chi connectivity index (χ4v) is 3.07. The van der Waals surface area contributed by atoms with Crippen molar-refractivity contribution < 1.29 is 14.3 Å². The van der Waals surface area contributed by atoms with E-state index in [1.165, 1.54) is 18.9 Å². The monoisotopic (exact) mass is 373 g/mol. The van der Waals surface area contributed by atoms with E-state index in [0.29, 0.717) is 24.1 Å². The Hall–Kier alpha value is -2.41. The van der Waals surface area contributed by atoms with Crippen molar-refractivity contribution in [1.82, 2.24) is 9.97 Å². The Balaban J connectivity index is 2.07. The van der Waals surface area contributed by atoms with Crippen LogP contribution in [0.5, 0.6) is 0 Å². The number of rotatable bonds is 6. The van der Waals surface area contributed by atoms with E-state index in [1.807, 2.05) is 27.0 Å². The standard InChI is InChI=1S/C19H23N3O3S/c1-11-6-7-14(18(24)25-4)10-16(11)22-17(23)9-8-15-12(2)20-19(26-5)21-13(15)3/h6-7,10H,8-9H2,1-5H3,(H,22,23). The average Bonchev–Trinajstić information content (AvgIpc) is 2.61. The molecule has 0 saturated carbocycles. The highest BCUT2D eigenvalue weighted by atomic mass is 32.2. The van der Waals surface area contributed by atoms with Gasteiger partial charge >= 0.3 is 5.97 Å². The van der Waals surface area contributed by atoms with Crippen LogP contribution in [0.15, 0.2) is 23.4 Å². The number of carbonyl (C=O) groups is 2. The maximum Gasteiger partial charge on any atom is 0.337 e. The molecule has 1 aromatic heterocycles. The first kappa shape index (κ1) is 19.9. The van der Waals surface area contributed by atoms with Gasteiger partial charge in [-0.25, -0.2) is 14.8 Å². The first-order valence-electron chi connectivity index (χ1n) is 8.22. The minimum atomic E-state index is -0.433. The van der Waals surface area contributed by atoms with Crippen LogP contribution < -0.4 is 5.32 Å². The molecule has 138 valence electrons. The SMILES string of the molecule is COC(=O)c1ccc(C)c(NC(=O)CCc2c(C)nc(SC)nc2C)c1. The molecule has 1 aromatic carbocycles. The summed E-state index contributed by atoms with van der Waals surface area (Å²) in [4.78, 5) is 32.9. The maximum absolute atomic E-state index is 12.4. The van der Waals surface area contributed by atoms with Gasteiger partial charge in [-0.15, -0.1) is 0 Å². The second-order valence-corrected chi connectivity index (χ2v) is 6.70. The number of esters is 1. The van der Waals surface area contributed by atoms with E-state index < -0.39 is 5.97 Å². The Morgan fingerprint density at radius 1 is 1.15 bits per heavy atom. The molecule has 2 aromatic rings. The van der Waals surface area contributed by atoms with E-state index in [0.717, 1.165) is 27.7 Å². The topological polar surface area (TPSA) is 81.2 Å². The highest BCUT2D eigenvalue weighted by Gasteiger charge is 2.13. The van der Waals surface area contributed by atoms with Gasteiger partial charge in [-0.3, -0.25) is 4.79 Å². The van der Waals surface area contributed by atoms with Crippen LogP contribution in [0.25, 0.3) is 0 Å². The number of amides is 1. The lowest BCUT2D eigenvalue weighted by Crippen LogP contribution is -2.15. The highest BCUT2D eigenvalue weighted by molar-refractivity contribution is 7.98. The normalized spacial score (nSPS) is 10.5. The first-order valence-corrected chi connectivity index (χ1v) is 9.45. The summed E-state index contributed by atoms with van der Waals surface area (Å²) in [6.07, 6.45) is 2.81. The van der Waals surface area contributed by atoms with Gasteiger partial charge in [0.2, 0.25) is 5.91 Å². The Kier molecular flexibility index (Phi) is 6.74. The Morgan fingerprint density at radius 3 is 2.38 bits per heavy atom. The maximum atomic E-state index is 12.4. The zero-order valence-corrected chi connectivity index (χ0v) is 16.5. The molecule has 0 aliphatic rings. The number of aryl methyl sites for hydroxylation is 3. The van der Waals surface area contributed by atoms with Crippen molar-refractivity contribution in [3.63, 3.8) is 0 Å². The van der Waals surface area contributed by atoms with Crippen LogP contribution in [-0.4, -0.2) is 35.2 Å². The molecule has 6 nitrogen and oxygen atoms in total. The second kappa shape index (κ2) is 8.80. The molecule has 1 N–H and O–H groups in total. The van der Waals surface area contributed by atoms with Crippen LogP contribution in [0.3, 0.4) is 0 Å². The zero-order chi connectivity index (χ0) is 19.3. The molecule has 0 radical (unpaired) electrons. The molecule has 2 rings (SSSR count). The number of methoxy groups -OCH3 is 1. The molecule has 0 atom stereocenters. The Labute approximate surface area is 157 Å². The Morgan fingerprint density at radius 2 is 1.81 bits per heavy atom. The van der Waals surface area contributed by atoms with Gasteiger partial charge < -0.3 is 10.1 Å². The van der Waals surface area contributed by atoms with Gasteiger partial charge in [0.25, 0.3) is 0 Å². The van der Waals surface area contributed by atoms with E-state index in [2.05, 4.69) is 15.3 Å². The lowest BCUT2D eigenvalue weighted by molar-refractivity contribution is -0.116. The van der Waals surface area contributed by atoms with Crippen molar-refractivity contribution in [2.75, 3.05) is 18.7 Å². The fraction of sp³-hybridized carbons (Fsp3) is 0.368. The number of nitrogens with zero attached hydrogens (tertiary/aromatic N) is 2. The first-order chi connectivity index (χ1) is 12.3. The fourth-order valence-electron chi connectivity index (χ4n) is 2.61. The quantitative estimate of drug-likeness (QED) is 0.474. The van der Waals surface area contributed by atoms with Crippen molar-refractivity contribution in [3.05, 3.63) is 46.3 Å². The van der Waals surface area contributed by atoms with Gasteiger partial charge in [-0.2, -0.15) is 0 Å². The third-order valence-electron chi connectivity index (χ3n) is 4.12. The van der Waals surface area contributed by atoms with Crippen molar-refractivity contribution in [2.45, 2.75) is 38.8 Å². The number of thioether (sulfide) groups is 1. The highest BCUT2D eigenvalue weighted by Crippen LogP contribution is 2.20. The predicted molar refractivity (Wildman–Crippen MR) is 103 cm³/mol. The lowest BCUT2D eigenvalue weighted by Gasteiger charge is -2.12. The van der Waals surface area contributed by atoms with Gasteiger partial charge in [-0.1, -0.05) is 17.8 Å². The summed E-state index contributed by atoms with van der Waals surface area (Å²) in [7, 11) is 1.33. The van der Waals surface area contributed by atoms with Crippen LogP contribution in [0, 0.1) is 20.8 Å². The molecule has 0 bridgehead atoms. The third-order valence-corrected chi connectivity index (χ3v) is 4.67. The number of hydrogen-bond acceptors (Lipinski definition) is 6. The second-order valence-electron chi connectivity index (χ2n) is 5.93. The molecule has 1 amide bonds. The van der Waals surface area contributed by atoms with Gasteiger partial charge in [0.1, 0.15) is 0 Å². The van der Waals surface area contributed by atoms with E-state index in [9.17, 15) is 9.59 Å². The number of aromatic nitrogens is 2. The molecule has 1 heterocycles. The van der Waals surface area contributed by atoms with E-state index in [1.54, 1.807) is 18.2 Å². The summed E-state index contributed by atoms with van der Waals surface area (Å²) >= 11 is 1.50. The Bertz CT molecular complexity index is 814. The predicted octanol–water partition coefficient (Wildman–Crippen LogP) is 3.48. The van der Waals surface area contributed by atoms with Gasteiger partial charge in [0.15, 0.2) is 5.16 Å². The average molecular weight is 373 g/mol. The molecule has 0 aliphatic heterocycles. The number of anilines is 1. The van der Waals surface area contributed by atoms with Crippen molar-refractivity contribution in [3.8, 4) is 0 Å². The van der Waals surface area contributed by atoms with Gasteiger partial charge in [0.05, 0.1) is 12.7 Å². The van der Waals surface area contributed by atoms with E-state index in [4.69, 9.17) is 4.74 Å². The summed E-state index contributed by atoms with van der Waals surface area (Å²) in [6, 6.07) is 5.09. The number of ether oxygens (including phenoxy) is 1. The van der Waals surface area contributed by atoms with Crippen LogP contribution in [0.2, 0.25) is 0 Å². The zero-order valence-electron chi connectivity index (χ0n) is 15.7. The number of hydrogen-bond donors (Lipinski definition) is 1. The van der Waals surface area contributed by atoms with Gasteiger partial charge in [0, 0.05) is 23.5 Å². The van der Waals surface area contributed by atoms with Crippen LogP contribution >= 0.6 is 11.8 Å². The van der Waals surface area contributed by atoms with Gasteiger partial charge in [-0.05, 0) is 56.7 Å². The molecular weight excluding hydrogens is 350 g/mol. The van der Waals surface area contributed by atoms with Crippen molar-refractivity contribution >= 4 is 29.3 Å². The summed E-state index contributed by atoms with van der Waals surface area (Å²) in [5.41, 5.74) is 4.70. The molecule has 0 fully saturated rings.